The normalized spacial score (nSPS) is 26.5. The van der Waals surface area contributed by atoms with Crippen LogP contribution in [0.3, 0.4) is 0 Å². The van der Waals surface area contributed by atoms with Gasteiger partial charge in [0.15, 0.2) is 0 Å². The van der Waals surface area contributed by atoms with Crippen molar-refractivity contribution in [3.8, 4) is 0 Å². The Morgan fingerprint density at radius 3 is 2.31 bits per heavy atom. The molecule has 0 heterocycles. The van der Waals surface area contributed by atoms with Crippen LogP contribution in [-0.2, 0) is 4.79 Å². The number of rotatable bonds is 3. The molecule has 0 spiro atoms. The van der Waals surface area contributed by atoms with Crippen molar-refractivity contribution in [1.82, 2.24) is 5.32 Å². The van der Waals surface area contributed by atoms with Gasteiger partial charge in [-0.15, -0.1) is 0 Å². The van der Waals surface area contributed by atoms with Gasteiger partial charge in [-0.3, -0.25) is 4.79 Å². The lowest BCUT2D eigenvalue weighted by molar-refractivity contribution is -0.144. The Labute approximate surface area is 92.0 Å². The second-order valence-corrected chi connectivity index (χ2v) is 4.19. The van der Waals surface area contributed by atoms with Crippen molar-refractivity contribution in [1.29, 1.82) is 0 Å². The maximum atomic E-state index is 11.8. The molecule has 0 aliphatic heterocycles. The largest absolute Gasteiger partial charge is 0.393 e. The third-order valence-electron chi connectivity index (χ3n) is 2.70. The number of nitrogens with one attached hydrogen (secondary N) is 1. The first-order valence-corrected chi connectivity index (χ1v) is 5.41. The smallest absolute Gasteiger partial charge is 0.389 e. The number of hydrogen-bond donors (Lipinski definition) is 2. The van der Waals surface area contributed by atoms with Crippen LogP contribution < -0.4 is 5.32 Å². The van der Waals surface area contributed by atoms with Crippen molar-refractivity contribution in [3.63, 3.8) is 0 Å². The van der Waals surface area contributed by atoms with Crippen LogP contribution >= 0.6 is 0 Å². The standard InChI is InChI=1S/C10H16F3NO2/c11-10(12,13)6-5-9(16)14-7-1-3-8(15)4-2-7/h7-8,15H,1-6H2,(H,14,16). The average molecular weight is 239 g/mol. The fourth-order valence-electron chi connectivity index (χ4n) is 1.78. The first-order chi connectivity index (χ1) is 7.37. The molecule has 0 unspecified atom stereocenters. The average Bonchev–Trinajstić information content (AvgIpc) is 2.18. The molecule has 1 amide bonds. The second-order valence-electron chi connectivity index (χ2n) is 4.19. The Kier molecular flexibility index (Phi) is 4.58. The minimum absolute atomic E-state index is 0.0795. The summed E-state index contributed by atoms with van der Waals surface area (Å²) in [6, 6.07) is -0.0795. The maximum Gasteiger partial charge on any atom is 0.389 e. The molecule has 0 aromatic rings. The zero-order valence-electron chi connectivity index (χ0n) is 8.89. The Morgan fingerprint density at radius 1 is 1.25 bits per heavy atom. The molecule has 0 saturated heterocycles. The van der Waals surface area contributed by atoms with E-state index in [-0.39, 0.29) is 12.1 Å². The molecule has 16 heavy (non-hydrogen) atoms. The Hall–Kier alpha value is -0.780. The van der Waals surface area contributed by atoms with Crippen molar-refractivity contribution in [2.45, 2.75) is 56.8 Å². The van der Waals surface area contributed by atoms with E-state index in [1.54, 1.807) is 0 Å². The quantitative estimate of drug-likeness (QED) is 0.788. The first kappa shape index (κ1) is 13.3. The van der Waals surface area contributed by atoms with E-state index in [1.165, 1.54) is 0 Å². The third-order valence-corrected chi connectivity index (χ3v) is 2.70. The maximum absolute atomic E-state index is 11.8. The molecule has 0 aromatic heterocycles. The number of aliphatic hydroxyl groups is 1. The van der Waals surface area contributed by atoms with Crippen LogP contribution in [0.5, 0.6) is 0 Å². The van der Waals surface area contributed by atoms with Gasteiger partial charge < -0.3 is 10.4 Å². The van der Waals surface area contributed by atoms with Gasteiger partial charge in [0.1, 0.15) is 0 Å². The molecule has 1 fully saturated rings. The van der Waals surface area contributed by atoms with E-state index in [0.29, 0.717) is 25.7 Å². The minimum atomic E-state index is -4.28. The summed E-state index contributed by atoms with van der Waals surface area (Å²) < 4.78 is 35.5. The molecule has 1 saturated carbocycles. The molecular weight excluding hydrogens is 223 g/mol. The van der Waals surface area contributed by atoms with Crippen molar-refractivity contribution in [3.05, 3.63) is 0 Å². The van der Waals surface area contributed by atoms with Gasteiger partial charge in [0.25, 0.3) is 0 Å². The predicted molar refractivity (Wildman–Crippen MR) is 51.7 cm³/mol. The summed E-state index contributed by atoms with van der Waals surface area (Å²) in [7, 11) is 0. The molecule has 6 heteroatoms. The van der Waals surface area contributed by atoms with Gasteiger partial charge in [-0.2, -0.15) is 13.2 Å². The van der Waals surface area contributed by atoms with Crippen LogP contribution in [0.4, 0.5) is 13.2 Å². The highest BCUT2D eigenvalue weighted by atomic mass is 19.4. The van der Waals surface area contributed by atoms with E-state index in [1.807, 2.05) is 0 Å². The van der Waals surface area contributed by atoms with Crippen molar-refractivity contribution >= 4 is 5.91 Å². The highest BCUT2D eigenvalue weighted by Crippen LogP contribution is 2.22. The SMILES string of the molecule is O=C(CCC(F)(F)F)NC1CCC(O)CC1. The lowest BCUT2D eigenvalue weighted by Gasteiger charge is -2.26. The van der Waals surface area contributed by atoms with Gasteiger partial charge >= 0.3 is 6.18 Å². The van der Waals surface area contributed by atoms with Crippen LogP contribution in [0.1, 0.15) is 38.5 Å². The van der Waals surface area contributed by atoms with Crippen molar-refractivity contribution in [2.24, 2.45) is 0 Å². The second kappa shape index (κ2) is 5.52. The van der Waals surface area contributed by atoms with E-state index in [9.17, 15) is 23.1 Å². The summed E-state index contributed by atoms with van der Waals surface area (Å²) in [6.07, 6.45) is -3.72. The molecule has 2 N–H and O–H groups in total. The molecule has 1 aliphatic carbocycles. The summed E-state index contributed by atoms with van der Waals surface area (Å²) in [5.41, 5.74) is 0. The summed E-state index contributed by atoms with van der Waals surface area (Å²) in [5, 5.41) is 11.8. The molecule has 0 aromatic carbocycles. The topological polar surface area (TPSA) is 49.3 Å². The molecule has 0 radical (unpaired) electrons. The Balaban J connectivity index is 2.19. The van der Waals surface area contributed by atoms with Gasteiger partial charge in [-0.05, 0) is 25.7 Å². The Bertz CT molecular complexity index is 235. The van der Waals surface area contributed by atoms with E-state index in [4.69, 9.17) is 0 Å². The zero-order valence-corrected chi connectivity index (χ0v) is 8.89. The number of carbonyl (C=O) groups is 1. The molecule has 0 atom stereocenters. The predicted octanol–water partition coefficient (Wildman–Crippen LogP) is 1.75. The van der Waals surface area contributed by atoms with Crippen molar-refractivity contribution < 1.29 is 23.1 Å². The summed E-state index contributed by atoms with van der Waals surface area (Å²) in [4.78, 5) is 11.2. The minimum Gasteiger partial charge on any atom is -0.393 e. The number of aliphatic hydroxyl groups excluding tert-OH is 1. The first-order valence-electron chi connectivity index (χ1n) is 5.41. The van der Waals surface area contributed by atoms with Crippen LogP contribution in [0.2, 0.25) is 0 Å². The van der Waals surface area contributed by atoms with E-state index in [0.717, 1.165) is 0 Å². The number of hydrogen-bond acceptors (Lipinski definition) is 2. The number of amides is 1. The summed E-state index contributed by atoms with van der Waals surface area (Å²) in [6.45, 7) is 0. The highest BCUT2D eigenvalue weighted by Gasteiger charge is 2.28. The monoisotopic (exact) mass is 239 g/mol. The fraction of sp³-hybridized carbons (Fsp3) is 0.900. The van der Waals surface area contributed by atoms with Crippen LogP contribution in [0.25, 0.3) is 0 Å². The number of alkyl halides is 3. The number of carbonyl (C=O) groups excluding carboxylic acids is 1. The lowest BCUT2D eigenvalue weighted by Crippen LogP contribution is -2.38. The molecule has 3 nitrogen and oxygen atoms in total. The third kappa shape index (κ3) is 5.34. The fourth-order valence-corrected chi connectivity index (χ4v) is 1.78. The molecular formula is C10H16F3NO2. The van der Waals surface area contributed by atoms with Crippen molar-refractivity contribution in [2.75, 3.05) is 0 Å². The number of halogens is 3. The van der Waals surface area contributed by atoms with E-state index in [2.05, 4.69) is 5.32 Å². The van der Waals surface area contributed by atoms with Gasteiger partial charge in [0, 0.05) is 12.5 Å². The van der Waals surface area contributed by atoms with Gasteiger partial charge in [0.2, 0.25) is 5.91 Å². The summed E-state index contributed by atoms with van der Waals surface area (Å²) in [5.74, 6) is -0.557. The molecule has 0 bridgehead atoms. The van der Waals surface area contributed by atoms with Gasteiger partial charge in [-0.1, -0.05) is 0 Å². The Morgan fingerprint density at radius 2 is 1.81 bits per heavy atom. The summed E-state index contributed by atoms with van der Waals surface area (Å²) >= 11 is 0. The molecule has 94 valence electrons. The zero-order chi connectivity index (χ0) is 12.2. The van der Waals surface area contributed by atoms with E-state index < -0.39 is 24.9 Å². The van der Waals surface area contributed by atoms with Gasteiger partial charge in [0.05, 0.1) is 12.5 Å². The molecule has 1 aliphatic rings. The molecule has 1 rings (SSSR count). The van der Waals surface area contributed by atoms with Crippen LogP contribution in [-0.4, -0.2) is 29.3 Å². The lowest BCUT2D eigenvalue weighted by atomic mass is 9.93. The van der Waals surface area contributed by atoms with Crippen LogP contribution in [0, 0.1) is 0 Å². The van der Waals surface area contributed by atoms with Gasteiger partial charge in [-0.25, -0.2) is 0 Å². The highest BCUT2D eigenvalue weighted by molar-refractivity contribution is 5.76. The van der Waals surface area contributed by atoms with Crippen LogP contribution in [0.15, 0.2) is 0 Å². The van der Waals surface area contributed by atoms with E-state index >= 15 is 0 Å².